The fraction of sp³-hybridized carbons (Fsp3) is 0.235. The van der Waals surface area contributed by atoms with Gasteiger partial charge in [-0.2, -0.15) is 0 Å². The number of anilines is 1. The van der Waals surface area contributed by atoms with Crippen LogP contribution in [0.1, 0.15) is 11.3 Å². The normalized spacial score (nSPS) is 15.5. The van der Waals surface area contributed by atoms with E-state index in [1.54, 1.807) is 17.4 Å². The highest BCUT2D eigenvalue weighted by atomic mass is 32.2. The topological polar surface area (TPSA) is 71.5 Å². The number of carbonyl (C=O) groups is 2. The van der Waals surface area contributed by atoms with Gasteiger partial charge in [0.25, 0.3) is 11.1 Å². The molecule has 1 N–H and O–H groups in total. The van der Waals surface area contributed by atoms with Crippen molar-refractivity contribution in [3.8, 4) is 5.75 Å². The number of hydrogen-bond acceptors (Lipinski definition) is 7. The lowest BCUT2D eigenvalue weighted by Crippen LogP contribution is -2.23. The first-order valence-corrected chi connectivity index (χ1v) is 9.32. The van der Waals surface area contributed by atoms with Crippen LogP contribution in [-0.4, -0.2) is 36.3 Å². The fourth-order valence-corrected chi connectivity index (χ4v) is 3.62. The lowest BCUT2D eigenvalue weighted by atomic mass is 10.2. The smallest absolute Gasteiger partial charge is 0.290 e. The van der Waals surface area contributed by atoms with Gasteiger partial charge in [0.1, 0.15) is 12.4 Å². The molecule has 8 heteroatoms. The molecule has 0 unspecified atom stereocenters. The number of thioether (sulfide) groups is 1. The van der Waals surface area contributed by atoms with E-state index in [2.05, 4.69) is 15.2 Å². The minimum Gasteiger partial charge on any atom is -0.492 e. The van der Waals surface area contributed by atoms with Gasteiger partial charge in [0.05, 0.1) is 17.1 Å². The molecule has 2 heterocycles. The average Bonchev–Trinajstić information content (AvgIpc) is 3.14. The van der Waals surface area contributed by atoms with Gasteiger partial charge in [-0.25, -0.2) is 4.98 Å². The summed E-state index contributed by atoms with van der Waals surface area (Å²) in [4.78, 5) is 29.6. The van der Waals surface area contributed by atoms with Crippen molar-refractivity contribution in [2.45, 2.75) is 6.92 Å². The van der Waals surface area contributed by atoms with Crippen LogP contribution in [0.3, 0.4) is 0 Å². The van der Waals surface area contributed by atoms with Gasteiger partial charge in [-0.3, -0.25) is 14.9 Å². The fourth-order valence-electron chi connectivity index (χ4n) is 2.15. The van der Waals surface area contributed by atoms with Crippen LogP contribution in [0.25, 0.3) is 6.08 Å². The Labute approximate surface area is 153 Å². The molecular formula is C17H17N3O3S2. The molecule has 0 saturated carbocycles. The van der Waals surface area contributed by atoms with Crippen molar-refractivity contribution in [2.24, 2.45) is 0 Å². The molecule has 25 heavy (non-hydrogen) atoms. The summed E-state index contributed by atoms with van der Waals surface area (Å²) in [5.74, 6) is 0.404. The van der Waals surface area contributed by atoms with E-state index in [1.165, 1.54) is 0 Å². The van der Waals surface area contributed by atoms with Crippen LogP contribution in [0.2, 0.25) is 0 Å². The van der Waals surface area contributed by atoms with Gasteiger partial charge in [-0.1, -0.05) is 12.1 Å². The molecule has 3 rings (SSSR count). The number of aryl methyl sites for hydroxylation is 1. The zero-order valence-electron chi connectivity index (χ0n) is 13.8. The number of rotatable bonds is 6. The third-order valence-corrected chi connectivity index (χ3v) is 5.33. The molecule has 1 aromatic heterocycles. The van der Waals surface area contributed by atoms with Crippen LogP contribution in [0.4, 0.5) is 9.93 Å². The maximum atomic E-state index is 11.5. The Morgan fingerprint density at radius 3 is 2.64 bits per heavy atom. The summed E-state index contributed by atoms with van der Waals surface area (Å²) in [5, 5.41) is 4.90. The highest BCUT2D eigenvalue weighted by Gasteiger charge is 2.24. The minimum atomic E-state index is -0.351. The minimum absolute atomic E-state index is 0.337. The summed E-state index contributed by atoms with van der Waals surface area (Å²) in [7, 11) is 1.99. The van der Waals surface area contributed by atoms with E-state index in [9.17, 15) is 9.59 Å². The van der Waals surface area contributed by atoms with Gasteiger partial charge < -0.3 is 9.64 Å². The quantitative estimate of drug-likeness (QED) is 0.781. The number of thiazole rings is 1. The summed E-state index contributed by atoms with van der Waals surface area (Å²) in [5.41, 5.74) is 1.86. The molecule has 2 amide bonds. The average molecular weight is 375 g/mol. The van der Waals surface area contributed by atoms with Crippen LogP contribution in [-0.2, 0) is 4.79 Å². The molecule has 0 spiro atoms. The maximum absolute atomic E-state index is 11.5. The van der Waals surface area contributed by atoms with Gasteiger partial charge in [0, 0.05) is 12.4 Å². The Balaban J connectivity index is 1.52. The molecule has 1 aliphatic heterocycles. The van der Waals surface area contributed by atoms with E-state index >= 15 is 0 Å². The Kier molecular flexibility index (Phi) is 5.40. The predicted molar refractivity (Wildman–Crippen MR) is 101 cm³/mol. The Bertz CT molecular complexity index is 815. The van der Waals surface area contributed by atoms with Crippen molar-refractivity contribution in [3.63, 3.8) is 0 Å². The Morgan fingerprint density at radius 2 is 2.04 bits per heavy atom. The van der Waals surface area contributed by atoms with Crippen molar-refractivity contribution in [2.75, 3.05) is 25.1 Å². The van der Waals surface area contributed by atoms with Crippen molar-refractivity contribution in [1.82, 2.24) is 10.3 Å². The summed E-state index contributed by atoms with van der Waals surface area (Å²) in [6.07, 6.45) is 1.69. The standard InChI is InChI=1S/C17H17N3O3S2/c1-11-10-24-16(18-11)20(2)7-8-23-13-5-3-12(4-6-13)9-14-15(21)19-17(22)25-14/h3-6,9-10H,7-8H2,1-2H3,(H,19,21,22). The summed E-state index contributed by atoms with van der Waals surface area (Å²) >= 11 is 2.52. The molecule has 130 valence electrons. The lowest BCUT2D eigenvalue weighted by molar-refractivity contribution is -0.115. The largest absolute Gasteiger partial charge is 0.492 e. The summed E-state index contributed by atoms with van der Waals surface area (Å²) in [6.45, 7) is 3.25. The number of amides is 2. The van der Waals surface area contributed by atoms with Crippen LogP contribution in [0.5, 0.6) is 5.75 Å². The van der Waals surface area contributed by atoms with Crippen LogP contribution < -0.4 is 15.0 Å². The zero-order chi connectivity index (χ0) is 17.8. The van der Waals surface area contributed by atoms with Gasteiger partial charge in [-0.15, -0.1) is 11.3 Å². The van der Waals surface area contributed by atoms with Crippen molar-refractivity contribution < 1.29 is 14.3 Å². The molecule has 1 fully saturated rings. The van der Waals surface area contributed by atoms with Crippen molar-refractivity contribution in [3.05, 3.63) is 45.8 Å². The second kappa shape index (κ2) is 7.71. The molecular weight excluding hydrogens is 358 g/mol. The number of likely N-dealkylation sites (N-methyl/N-ethyl adjacent to an activating group) is 1. The van der Waals surface area contributed by atoms with Gasteiger partial charge >= 0.3 is 0 Å². The lowest BCUT2D eigenvalue weighted by Gasteiger charge is -2.16. The van der Waals surface area contributed by atoms with E-state index in [0.717, 1.165) is 40.4 Å². The van der Waals surface area contributed by atoms with E-state index in [-0.39, 0.29) is 11.1 Å². The molecule has 2 aromatic rings. The number of ether oxygens (including phenoxy) is 1. The van der Waals surface area contributed by atoms with Crippen LogP contribution in [0, 0.1) is 6.92 Å². The summed E-state index contributed by atoms with van der Waals surface area (Å²) < 4.78 is 5.74. The number of nitrogens with zero attached hydrogens (tertiary/aromatic N) is 2. The first kappa shape index (κ1) is 17.5. The first-order chi connectivity index (χ1) is 12.0. The molecule has 6 nitrogen and oxygen atoms in total. The number of nitrogens with one attached hydrogen (secondary N) is 1. The second-order valence-electron chi connectivity index (χ2n) is 5.46. The monoisotopic (exact) mass is 375 g/mol. The van der Waals surface area contributed by atoms with Gasteiger partial charge in [-0.05, 0) is 42.5 Å². The second-order valence-corrected chi connectivity index (χ2v) is 7.31. The van der Waals surface area contributed by atoms with E-state index in [1.807, 2.05) is 43.6 Å². The number of imide groups is 1. The van der Waals surface area contributed by atoms with Crippen molar-refractivity contribution >= 4 is 45.5 Å². The Morgan fingerprint density at radius 1 is 1.28 bits per heavy atom. The summed E-state index contributed by atoms with van der Waals surface area (Å²) in [6, 6.07) is 7.40. The SMILES string of the molecule is Cc1csc(N(C)CCOc2ccc(C=C3SC(=O)NC3=O)cc2)n1. The van der Waals surface area contributed by atoms with E-state index < -0.39 is 0 Å². The molecule has 0 atom stereocenters. The third-order valence-electron chi connectivity index (χ3n) is 3.45. The van der Waals surface area contributed by atoms with Gasteiger partial charge in [0.2, 0.25) is 0 Å². The van der Waals surface area contributed by atoms with Crippen LogP contribution in [0.15, 0.2) is 34.6 Å². The molecule has 0 aliphatic carbocycles. The first-order valence-electron chi connectivity index (χ1n) is 7.62. The van der Waals surface area contributed by atoms with E-state index in [0.29, 0.717) is 11.5 Å². The number of hydrogen-bond donors (Lipinski definition) is 1. The molecule has 1 aromatic carbocycles. The molecule has 0 bridgehead atoms. The highest BCUT2D eigenvalue weighted by molar-refractivity contribution is 8.18. The maximum Gasteiger partial charge on any atom is 0.290 e. The van der Waals surface area contributed by atoms with Crippen LogP contribution >= 0.6 is 23.1 Å². The van der Waals surface area contributed by atoms with Crippen molar-refractivity contribution in [1.29, 1.82) is 0 Å². The predicted octanol–water partition coefficient (Wildman–Crippen LogP) is 3.29. The number of carbonyl (C=O) groups excluding carboxylic acids is 2. The molecule has 1 aliphatic rings. The molecule has 1 saturated heterocycles. The Hall–Kier alpha value is -2.32. The third kappa shape index (κ3) is 4.61. The number of aromatic nitrogens is 1. The van der Waals surface area contributed by atoms with Gasteiger partial charge in [0.15, 0.2) is 5.13 Å². The number of benzene rings is 1. The van der Waals surface area contributed by atoms with E-state index in [4.69, 9.17) is 4.74 Å². The molecule has 0 radical (unpaired) electrons. The zero-order valence-corrected chi connectivity index (χ0v) is 15.4. The highest BCUT2D eigenvalue weighted by Crippen LogP contribution is 2.26.